The molecule has 0 unspecified atom stereocenters. The van der Waals surface area contributed by atoms with Crippen LogP contribution in [0.1, 0.15) is 26.3 Å². The van der Waals surface area contributed by atoms with E-state index in [1.54, 1.807) is 0 Å². The number of benzene rings is 1. The predicted molar refractivity (Wildman–Crippen MR) is 67.0 cm³/mol. The van der Waals surface area contributed by atoms with Gasteiger partial charge in [0.1, 0.15) is 5.75 Å². The van der Waals surface area contributed by atoms with Crippen LogP contribution in [0.15, 0.2) is 24.3 Å². The van der Waals surface area contributed by atoms with E-state index in [1.807, 2.05) is 19.1 Å². The Morgan fingerprint density at radius 1 is 1.12 bits per heavy atom. The molecular weight excluding hydrogens is 200 g/mol. The minimum atomic E-state index is 0.611. The standard InChI is InChI=1S/C14H22O2/c1-4-16-14-7-5-13(6-8-14)9-10-15-11-12(2)3/h5-8,12H,4,9-11H2,1-3H3. The summed E-state index contributed by atoms with van der Waals surface area (Å²) in [6.07, 6.45) is 0.971. The lowest BCUT2D eigenvalue weighted by molar-refractivity contribution is 0.112. The predicted octanol–water partition coefficient (Wildman–Crippen LogP) is 3.30. The molecule has 0 radical (unpaired) electrons. The second-order valence-electron chi connectivity index (χ2n) is 4.30. The van der Waals surface area contributed by atoms with Gasteiger partial charge in [-0.2, -0.15) is 0 Å². The molecule has 1 aromatic carbocycles. The van der Waals surface area contributed by atoms with Crippen LogP contribution < -0.4 is 4.74 Å². The normalized spacial score (nSPS) is 10.8. The maximum absolute atomic E-state index is 5.55. The molecule has 0 aromatic heterocycles. The van der Waals surface area contributed by atoms with Crippen LogP contribution in [0.3, 0.4) is 0 Å². The average molecular weight is 222 g/mol. The van der Waals surface area contributed by atoms with Crippen molar-refractivity contribution in [2.75, 3.05) is 19.8 Å². The molecular formula is C14H22O2. The van der Waals surface area contributed by atoms with Gasteiger partial charge < -0.3 is 9.47 Å². The summed E-state index contributed by atoms with van der Waals surface area (Å²) in [5, 5.41) is 0. The molecule has 0 saturated heterocycles. The first-order valence-electron chi connectivity index (χ1n) is 6.02. The van der Waals surface area contributed by atoms with E-state index >= 15 is 0 Å². The van der Waals surface area contributed by atoms with E-state index < -0.39 is 0 Å². The molecule has 0 spiro atoms. The first kappa shape index (κ1) is 13.0. The molecule has 0 amide bonds. The second-order valence-corrected chi connectivity index (χ2v) is 4.30. The van der Waals surface area contributed by atoms with Crippen molar-refractivity contribution in [1.29, 1.82) is 0 Å². The van der Waals surface area contributed by atoms with Gasteiger partial charge in [0.05, 0.1) is 13.2 Å². The lowest BCUT2D eigenvalue weighted by atomic mass is 10.1. The monoisotopic (exact) mass is 222 g/mol. The van der Waals surface area contributed by atoms with Crippen molar-refractivity contribution in [2.45, 2.75) is 27.2 Å². The summed E-state index contributed by atoms with van der Waals surface area (Å²) >= 11 is 0. The van der Waals surface area contributed by atoms with E-state index in [9.17, 15) is 0 Å². The largest absolute Gasteiger partial charge is 0.494 e. The third kappa shape index (κ3) is 5.17. The quantitative estimate of drug-likeness (QED) is 0.659. The molecule has 0 heterocycles. The highest BCUT2D eigenvalue weighted by Gasteiger charge is 1.97. The van der Waals surface area contributed by atoms with Crippen molar-refractivity contribution in [1.82, 2.24) is 0 Å². The molecule has 1 aromatic rings. The molecule has 0 saturated carbocycles. The third-order valence-corrected chi connectivity index (χ3v) is 2.22. The van der Waals surface area contributed by atoms with E-state index in [0.717, 1.165) is 32.0 Å². The van der Waals surface area contributed by atoms with Crippen molar-refractivity contribution in [3.8, 4) is 5.75 Å². The highest BCUT2D eigenvalue weighted by Crippen LogP contribution is 2.12. The fourth-order valence-corrected chi connectivity index (χ4v) is 1.43. The summed E-state index contributed by atoms with van der Waals surface area (Å²) in [6, 6.07) is 8.23. The van der Waals surface area contributed by atoms with Gasteiger partial charge in [0.15, 0.2) is 0 Å². The van der Waals surface area contributed by atoms with E-state index in [-0.39, 0.29) is 0 Å². The van der Waals surface area contributed by atoms with Crippen LogP contribution in [0.25, 0.3) is 0 Å². The van der Waals surface area contributed by atoms with Crippen molar-refractivity contribution in [3.63, 3.8) is 0 Å². The first-order valence-corrected chi connectivity index (χ1v) is 6.02. The van der Waals surface area contributed by atoms with Gasteiger partial charge in [-0.25, -0.2) is 0 Å². The van der Waals surface area contributed by atoms with Crippen molar-refractivity contribution in [2.24, 2.45) is 5.92 Å². The van der Waals surface area contributed by atoms with E-state index in [2.05, 4.69) is 26.0 Å². The van der Waals surface area contributed by atoms with Crippen LogP contribution >= 0.6 is 0 Å². The minimum absolute atomic E-state index is 0.611. The van der Waals surface area contributed by atoms with Crippen LogP contribution in [0.2, 0.25) is 0 Å². The van der Waals surface area contributed by atoms with Crippen molar-refractivity contribution < 1.29 is 9.47 Å². The topological polar surface area (TPSA) is 18.5 Å². The zero-order chi connectivity index (χ0) is 11.8. The lowest BCUT2D eigenvalue weighted by Gasteiger charge is -2.07. The van der Waals surface area contributed by atoms with Gasteiger partial charge in [-0.1, -0.05) is 26.0 Å². The molecule has 16 heavy (non-hydrogen) atoms. The minimum Gasteiger partial charge on any atom is -0.494 e. The van der Waals surface area contributed by atoms with Gasteiger partial charge in [-0.05, 0) is 37.0 Å². The summed E-state index contributed by atoms with van der Waals surface area (Å²) in [7, 11) is 0. The highest BCUT2D eigenvalue weighted by atomic mass is 16.5. The van der Waals surface area contributed by atoms with Gasteiger partial charge in [0.2, 0.25) is 0 Å². The highest BCUT2D eigenvalue weighted by molar-refractivity contribution is 5.27. The Hall–Kier alpha value is -1.02. The number of hydrogen-bond donors (Lipinski definition) is 0. The molecule has 0 N–H and O–H groups in total. The first-order chi connectivity index (χ1) is 7.72. The van der Waals surface area contributed by atoms with E-state index in [4.69, 9.17) is 9.47 Å². The molecule has 90 valence electrons. The molecule has 0 aliphatic heterocycles. The smallest absolute Gasteiger partial charge is 0.119 e. The third-order valence-electron chi connectivity index (χ3n) is 2.22. The second kappa shape index (κ2) is 7.29. The Balaban J connectivity index is 2.26. The maximum atomic E-state index is 5.55. The Labute approximate surface area is 98.6 Å². The van der Waals surface area contributed by atoms with Crippen LogP contribution in [0, 0.1) is 5.92 Å². The Morgan fingerprint density at radius 2 is 1.81 bits per heavy atom. The van der Waals surface area contributed by atoms with Crippen LogP contribution in [-0.2, 0) is 11.2 Å². The molecule has 0 bridgehead atoms. The van der Waals surface area contributed by atoms with Gasteiger partial charge >= 0.3 is 0 Å². The summed E-state index contributed by atoms with van der Waals surface area (Å²) in [4.78, 5) is 0. The van der Waals surface area contributed by atoms with Gasteiger partial charge in [0, 0.05) is 6.61 Å². The number of rotatable bonds is 7. The molecule has 0 fully saturated rings. The average Bonchev–Trinajstić information content (AvgIpc) is 2.27. The Bertz CT molecular complexity index is 277. The van der Waals surface area contributed by atoms with E-state index in [1.165, 1.54) is 5.56 Å². The molecule has 2 heteroatoms. The zero-order valence-corrected chi connectivity index (χ0v) is 10.5. The number of ether oxygens (including phenoxy) is 2. The van der Waals surface area contributed by atoms with Crippen LogP contribution in [-0.4, -0.2) is 19.8 Å². The lowest BCUT2D eigenvalue weighted by Crippen LogP contribution is -2.05. The van der Waals surface area contributed by atoms with Crippen LogP contribution in [0.5, 0.6) is 5.75 Å². The van der Waals surface area contributed by atoms with E-state index in [0.29, 0.717) is 5.92 Å². The van der Waals surface area contributed by atoms with Gasteiger partial charge in [0.25, 0.3) is 0 Å². The fourth-order valence-electron chi connectivity index (χ4n) is 1.43. The van der Waals surface area contributed by atoms with Crippen molar-refractivity contribution in [3.05, 3.63) is 29.8 Å². The Kier molecular flexibility index (Phi) is 5.94. The molecule has 0 atom stereocenters. The summed E-state index contributed by atoms with van der Waals surface area (Å²) in [5.74, 6) is 1.55. The Morgan fingerprint density at radius 3 is 2.38 bits per heavy atom. The molecule has 0 aliphatic rings. The van der Waals surface area contributed by atoms with Crippen molar-refractivity contribution >= 4 is 0 Å². The maximum Gasteiger partial charge on any atom is 0.119 e. The van der Waals surface area contributed by atoms with Gasteiger partial charge in [-0.15, -0.1) is 0 Å². The zero-order valence-electron chi connectivity index (χ0n) is 10.5. The molecule has 0 aliphatic carbocycles. The summed E-state index contributed by atoms with van der Waals surface area (Å²) in [6.45, 7) is 8.68. The number of hydrogen-bond acceptors (Lipinski definition) is 2. The summed E-state index contributed by atoms with van der Waals surface area (Å²) < 4.78 is 10.9. The molecule has 2 nitrogen and oxygen atoms in total. The summed E-state index contributed by atoms with van der Waals surface area (Å²) in [5.41, 5.74) is 1.30. The van der Waals surface area contributed by atoms with Gasteiger partial charge in [-0.3, -0.25) is 0 Å². The SMILES string of the molecule is CCOc1ccc(CCOCC(C)C)cc1. The fraction of sp³-hybridized carbons (Fsp3) is 0.571. The molecule has 1 rings (SSSR count). The van der Waals surface area contributed by atoms with Crippen LogP contribution in [0.4, 0.5) is 0 Å².